The Balaban J connectivity index is 1.60. The normalized spacial score (nSPS) is 14.8. The van der Waals surface area contributed by atoms with Crippen molar-refractivity contribution in [2.75, 3.05) is 18.4 Å². The number of urea groups is 1. The minimum Gasteiger partial charge on any atom is -0.325 e. The van der Waals surface area contributed by atoms with E-state index >= 15 is 0 Å². The molecule has 3 rings (SSSR count). The molecule has 2 N–H and O–H groups in total. The average Bonchev–Trinajstić information content (AvgIpc) is 2.68. The standard InChI is InChI=1S/C18H22N4O3S/c23-18(22-12-4-1-5-13-22)21-15-7-9-17(10-8-15)26(24,25)20-14-16-6-2-3-11-19-16/h2-3,6-11,20H,1,4-5,12-14H2,(H,21,23). The van der Waals surface area contributed by atoms with Crippen molar-refractivity contribution in [1.29, 1.82) is 0 Å². The van der Waals surface area contributed by atoms with Crippen molar-refractivity contribution >= 4 is 21.7 Å². The van der Waals surface area contributed by atoms with E-state index in [0.29, 0.717) is 11.4 Å². The molecule has 0 bridgehead atoms. The minimum absolute atomic E-state index is 0.122. The van der Waals surface area contributed by atoms with E-state index in [-0.39, 0.29) is 17.5 Å². The summed E-state index contributed by atoms with van der Waals surface area (Å²) >= 11 is 0. The van der Waals surface area contributed by atoms with E-state index in [1.165, 1.54) is 12.1 Å². The zero-order valence-corrected chi connectivity index (χ0v) is 15.2. The van der Waals surface area contributed by atoms with Crippen LogP contribution in [-0.2, 0) is 16.6 Å². The van der Waals surface area contributed by atoms with Crippen LogP contribution in [0.1, 0.15) is 25.0 Å². The fourth-order valence-corrected chi connectivity index (χ4v) is 3.77. The first-order chi connectivity index (χ1) is 12.5. The molecule has 1 aliphatic heterocycles. The predicted molar refractivity (Wildman–Crippen MR) is 99.1 cm³/mol. The van der Waals surface area contributed by atoms with Gasteiger partial charge in [0, 0.05) is 25.0 Å². The number of amides is 2. The number of rotatable bonds is 5. The molecule has 138 valence electrons. The fraction of sp³-hybridized carbons (Fsp3) is 0.333. The molecule has 1 fully saturated rings. The Kier molecular flexibility index (Phi) is 5.85. The maximum atomic E-state index is 12.4. The second kappa shape index (κ2) is 8.29. The smallest absolute Gasteiger partial charge is 0.321 e. The predicted octanol–water partition coefficient (Wildman–Crippen LogP) is 2.58. The lowest BCUT2D eigenvalue weighted by atomic mass is 10.1. The highest BCUT2D eigenvalue weighted by Gasteiger charge is 2.17. The van der Waals surface area contributed by atoms with Gasteiger partial charge in [0.05, 0.1) is 17.1 Å². The van der Waals surface area contributed by atoms with Gasteiger partial charge in [-0.1, -0.05) is 6.07 Å². The van der Waals surface area contributed by atoms with Crippen LogP contribution in [0.15, 0.2) is 53.6 Å². The Hall–Kier alpha value is -2.45. The van der Waals surface area contributed by atoms with Gasteiger partial charge in [0.1, 0.15) is 0 Å². The third-order valence-electron chi connectivity index (χ3n) is 4.23. The van der Waals surface area contributed by atoms with E-state index in [0.717, 1.165) is 32.4 Å². The first-order valence-electron chi connectivity index (χ1n) is 8.60. The zero-order chi connectivity index (χ0) is 18.4. The lowest BCUT2D eigenvalue weighted by Gasteiger charge is -2.26. The number of sulfonamides is 1. The Morgan fingerprint density at radius 2 is 1.77 bits per heavy atom. The van der Waals surface area contributed by atoms with Gasteiger partial charge in [-0.05, 0) is 55.7 Å². The van der Waals surface area contributed by atoms with Crippen molar-refractivity contribution in [3.63, 3.8) is 0 Å². The van der Waals surface area contributed by atoms with Gasteiger partial charge in [0.25, 0.3) is 0 Å². The molecular weight excluding hydrogens is 352 g/mol. The molecule has 8 heteroatoms. The van der Waals surface area contributed by atoms with Crippen LogP contribution in [-0.4, -0.2) is 37.4 Å². The maximum Gasteiger partial charge on any atom is 0.321 e. The molecule has 1 aromatic carbocycles. The molecule has 0 atom stereocenters. The maximum absolute atomic E-state index is 12.4. The number of carbonyl (C=O) groups is 1. The molecule has 0 spiro atoms. The fourth-order valence-electron chi connectivity index (χ4n) is 2.77. The van der Waals surface area contributed by atoms with Crippen LogP contribution in [0.2, 0.25) is 0 Å². The number of nitrogens with one attached hydrogen (secondary N) is 2. The van der Waals surface area contributed by atoms with Gasteiger partial charge in [-0.2, -0.15) is 0 Å². The number of pyridine rings is 1. The van der Waals surface area contributed by atoms with Gasteiger partial charge in [-0.25, -0.2) is 17.9 Å². The van der Waals surface area contributed by atoms with Gasteiger partial charge in [0.2, 0.25) is 10.0 Å². The summed E-state index contributed by atoms with van der Waals surface area (Å²) in [6.45, 7) is 1.64. The number of benzene rings is 1. The van der Waals surface area contributed by atoms with Crippen molar-refractivity contribution in [3.8, 4) is 0 Å². The molecule has 2 aromatic rings. The summed E-state index contributed by atoms with van der Waals surface area (Å²) in [5.41, 5.74) is 1.21. The molecular formula is C18H22N4O3S. The topological polar surface area (TPSA) is 91.4 Å². The largest absolute Gasteiger partial charge is 0.325 e. The van der Waals surface area contributed by atoms with Gasteiger partial charge >= 0.3 is 6.03 Å². The highest BCUT2D eigenvalue weighted by Crippen LogP contribution is 2.16. The van der Waals surface area contributed by atoms with Gasteiger partial charge in [0.15, 0.2) is 0 Å². The second-order valence-electron chi connectivity index (χ2n) is 6.15. The third kappa shape index (κ3) is 4.80. The molecule has 1 aliphatic rings. The van der Waals surface area contributed by atoms with Crippen LogP contribution in [0, 0.1) is 0 Å². The van der Waals surface area contributed by atoms with Crippen LogP contribution in [0.3, 0.4) is 0 Å². The number of hydrogen-bond acceptors (Lipinski definition) is 4. The van der Waals surface area contributed by atoms with E-state index in [4.69, 9.17) is 0 Å². The lowest BCUT2D eigenvalue weighted by Crippen LogP contribution is -2.38. The SMILES string of the molecule is O=C(Nc1ccc(S(=O)(=O)NCc2ccccn2)cc1)N1CCCCC1. The molecule has 1 aromatic heterocycles. The second-order valence-corrected chi connectivity index (χ2v) is 7.91. The molecule has 26 heavy (non-hydrogen) atoms. The summed E-state index contributed by atoms with van der Waals surface area (Å²) in [5.74, 6) is 0. The van der Waals surface area contributed by atoms with Gasteiger partial charge in [-0.3, -0.25) is 4.98 Å². The summed E-state index contributed by atoms with van der Waals surface area (Å²) in [5, 5.41) is 2.81. The van der Waals surface area contributed by atoms with Crippen LogP contribution in [0.25, 0.3) is 0 Å². The van der Waals surface area contributed by atoms with Crippen LogP contribution in [0.5, 0.6) is 0 Å². The molecule has 2 heterocycles. The zero-order valence-electron chi connectivity index (χ0n) is 14.4. The average molecular weight is 374 g/mol. The summed E-state index contributed by atoms with van der Waals surface area (Å²) in [4.78, 5) is 18.2. The highest BCUT2D eigenvalue weighted by molar-refractivity contribution is 7.89. The number of piperidine rings is 1. The van der Waals surface area contributed by atoms with Crippen molar-refractivity contribution in [2.45, 2.75) is 30.7 Å². The Morgan fingerprint density at radius 1 is 1.04 bits per heavy atom. The van der Waals surface area contributed by atoms with Crippen LogP contribution in [0.4, 0.5) is 10.5 Å². The number of nitrogens with zero attached hydrogens (tertiary/aromatic N) is 2. The highest BCUT2D eigenvalue weighted by atomic mass is 32.2. The molecule has 0 saturated carbocycles. The first kappa shape index (κ1) is 18.3. The molecule has 2 amide bonds. The third-order valence-corrected chi connectivity index (χ3v) is 5.65. The molecule has 1 saturated heterocycles. The van der Waals surface area contributed by atoms with Crippen LogP contribution < -0.4 is 10.0 Å². The quantitative estimate of drug-likeness (QED) is 0.841. The van der Waals surface area contributed by atoms with E-state index < -0.39 is 10.0 Å². The van der Waals surface area contributed by atoms with Gasteiger partial charge in [-0.15, -0.1) is 0 Å². The van der Waals surface area contributed by atoms with E-state index in [1.807, 2.05) is 0 Å². The summed E-state index contributed by atoms with van der Waals surface area (Å²) < 4.78 is 27.2. The van der Waals surface area contributed by atoms with E-state index in [9.17, 15) is 13.2 Å². The molecule has 7 nitrogen and oxygen atoms in total. The Bertz CT molecular complexity index is 832. The minimum atomic E-state index is -3.64. The van der Waals surface area contributed by atoms with Gasteiger partial charge < -0.3 is 10.2 Å². The Morgan fingerprint density at radius 3 is 2.42 bits per heavy atom. The lowest BCUT2D eigenvalue weighted by molar-refractivity contribution is 0.200. The number of anilines is 1. The first-order valence-corrected chi connectivity index (χ1v) is 10.1. The summed E-state index contributed by atoms with van der Waals surface area (Å²) in [6.07, 6.45) is 4.81. The molecule has 0 aliphatic carbocycles. The van der Waals surface area contributed by atoms with Crippen molar-refractivity contribution in [3.05, 3.63) is 54.4 Å². The van der Waals surface area contributed by atoms with Crippen LogP contribution >= 0.6 is 0 Å². The van der Waals surface area contributed by atoms with Crippen molar-refractivity contribution in [2.24, 2.45) is 0 Å². The molecule has 0 unspecified atom stereocenters. The van der Waals surface area contributed by atoms with E-state index in [1.54, 1.807) is 41.4 Å². The number of aromatic nitrogens is 1. The summed E-state index contributed by atoms with van der Waals surface area (Å²) in [7, 11) is -3.64. The summed E-state index contributed by atoms with van der Waals surface area (Å²) in [6, 6.07) is 11.3. The van der Waals surface area contributed by atoms with E-state index in [2.05, 4.69) is 15.0 Å². The monoisotopic (exact) mass is 374 g/mol. The number of hydrogen-bond donors (Lipinski definition) is 2. The Labute approximate surface area is 153 Å². The number of likely N-dealkylation sites (tertiary alicyclic amines) is 1. The van der Waals surface area contributed by atoms with Crippen molar-refractivity contribution in [1.82, 2.24) is 14.6 Å². The van der Waals surface area contributed by atoms with Crippen molar-refractivity contribution < 1.29 is 13.2 Å². The molecule has 0 radical (unpaired) electrons. The number of carbonyl (C=O) groups excluding carboxylic acids is 1.